The van der Waals surface area contributed by atoms with E-state index in [4.69, 9.17) is 16.0 Å². The molecule has 0 aromatic carbocycles. The largest absolute Gasteiger partial charge is 0.394 e. The molecule has 4 N–H and O–H groups in total. The van der Waals surface area contributed by atoms with Crippen molar-refractivity contribution in [1.29, 1.82) is 0 Å². The molecule has 114 valence electrons. The number of ether oxygens (including phenoxy) is 2. The Hall–Kier alpha value is -0.240. The van der Waals surface area contributed by atoms with Crippen molar-refractivity contribution in [1.82, 2.24) is 0 Å². The second kappa shape index (κ2) is 8.84. The summed E-state index contributed by atoms with van der Waals surface area (Å²) in [5.74, 6) is 0. The van der Waals surface area contributed by atoms with Crippen molar-refractivity contribution in [3.8, 4) is 0 Å². The molecule has 0 aromatic rings. The van der Waals surface area contributed by atoms with Crippen LogP contribution >= 0.6 is 0 Å². The molecule has 0 aromatic heterocycles. The number of aliphatic hydroxyl groups is 4. The van der Waals surface area contributed by atoms with E-state index in [1.165, 1.54) is 0 Å². The number of hydrogen-bond donors (Lipinski definition) is 4. The van der Waals surface area contributed by atoms with Crippen molar-refractivity contribution in [2.45, 2.75) is 69.7 Å². The molecule has 6 atom stereocenters. The zero-order valence-corrected chi connectivity index (χ0v) is 11.3. The fraction of sp³-hybridized carbons (Fsp3) is 1.00. The Labute approximate surface area is 115 Å². The summed E-state index contributed by atoms with van der Waals surface area (Å²) in [5, 5.41) is 38.0. The van der Waals surface area contributed by atoms with Crippen LogP contribution in [0.5, 0.6) is 0 Å². The Bertz CT molecular complexity index is 265. The second-order valence-electron chi connectivity index (χ2n) is 4.82. The summed E-state index contributed by atoms with van der Waals surface area (Å²) in [6.45, 7) is 1.68. The first-order valence-corrected chi connectivity index (χ1v) is 6.85. The van der Waals surface area contributed by atoms with E-state index in [2.05, 4.69) is 6.92 Å². The maximum Gasteiger partial charge on any atom is 0.186 e. The van der Waals surface area contributed by atoms with E-state index in [1.54, 1.807) is 0 Å². The predicted octanol–water partition coefficient (Wildman–Crippen LogP) is -0.227. The fourth-order valence-electron chi connectivity index (χ4n) is 1.99. The van der Waals surface area contributed by atoms with Gasteiger partial charge in [0.25, 0.3) is 0 Å². The molecular weight excluding hydrogens is 252 g/mol. The van der Waals surface area contributed by atoms with Gasteiger partial charge in [-0.25, -0.2) is 0 Å². The van der Waals surface area contributed by atoms with Crippen molar-refractivity contribution in [3.63, 3.8) is 0 Å². The third kappa shape index (κ3) is 4.98. The summed E-state index contributed by atoms with van der Waals surface area (Å²) in [7, 11) is 0. The molecule has 0 spiro atoms. The minimum atomic E-state index is -1.44. The third-order valence-electron chi connectivity index (χ3n) is 3.24. The third-order valence-corrected chi connectivity index (χ3v) is 3.24. The zero-order valence-electron chi connectivity index (χ0n) is 12.3. The molecule has 1 aliphatic rings. The molecule has 1 heterocycles. The van der Waals surface area contributed by atoms with Crippen molar-refractivity contribution in [3.05, 3.63) is 0 Å². The normalized spacial score (nSPS) is 37.9. The second-order valence-corrected chi connectivity index (χ2v) is 4.82. The average Bonchev–Trinajstić information content (AvgIpc) is 2.44. The average molecular weight is 279 g/mol. The van der Waals surface area contributed by atoms with Gasteiger partial charge in [-0.1, -0.05) is 32.6 Å². The molecule has 6 nitrogen and oxygen atoms in total. The van der Waals surface area contributed by atoms with Gasteiger partial charge in [0.05, 0.1) is 6.61 Å². The maximum absolute atomic E-state index is 9.75. The summed E-state index contributed by atoms with van der Waals surface area (Å²) in [4.78, 5) is 0. The minimum absolute atomic E-state index is 0.0758. The lowest BCUT2D eigenvalue weighted by Gasteiger charge is -2.39. The number of hydrogen-bond acceptors (Lipinski definition) is 6. The highest BCUT2D eigenvalue weighted by molar-refractivity contribution is 4.88. The van der Waals surface area contributed by atoms with Gasteiger partial charge < -0.3 is 29.9 Å². The van der Waals surface area contributed by atoms with Crippen molar-refractivity contribution < 1.29 is 31.3 Å². The van der Waals surface area contributed by atoms with Gasteiger partial charge in [-0.05, 0) is 6.40 Å². The first kappa shape index (κ1) is 15.2. The van der Waals surface area contributed by atoms with Crippen LogP contribution in [0, 0.1) is 0 Å². The van der Waals surface area contributed by atoms with E-state index < -0.39 is 43.7 Å². The van der Waals surface area contributed by atoms with Crippen LogP contribution in [0.25, 0.3) is 0 Å². The Balaban J connectivity index is 2.38. The van der Waals surface area contributed by atoms with Gasteiger partial charge in [0, 0.05) is 7.98 Å². The molecule has 6 heteroatoms. The lowest BCUT2D eigenvalue weighted by atomic mass is 9.99. The van der Waals surface area contributed by atoms with Crippen molar-refractivity contribution >= 4 is 0 Å². The Kier molecular flexibility index (Phi) is 7.05. The SMILES string of the molecule is [2H]C(CCCCC)COC1O[C@H](CO)[C@@H](O)[C@H](O)[C@H]1O. The van der Waals surface area contributed by atoms with Gasteiger partial charge in [-0.15, -0.1) is 0 Å². The van der Waals surface area contributed by atoms with Crippen LogP contribution < -0.4 is 0 Å². The summed E-state index contributed by atoms with van der Waals surface area (Å²) in [6.07, 6.45) is -2.94. The van der Waals surface area contributed by atoms with Crippen LogP contribution in [0.4, 0.5) is 0 Å². The topological polar surface area (TPSA) is 99.4 Å². The van der Waals surface area contributed by atoms with Crippen molar-refractivity contribution in [2.24, 2.45) is 0 Å². The van der Waals surface area contributed by atoms with Gasteiger partial charge >= 0.3 is 0 Å². The van der Waals surface area contributed by atoms with Gasteiger partial charge in [0.2, 0.25) is 0 Å². The lowest BCUT2D eigenvalue weighted by molar-refractivity contribution is -0.301. The van der Waals surface area contributed by atoms with E-state index in [1.807, 2.05) is 0 Å². The Morgan fingerprint density at radius 1 is 1.11 bits per heavy atom. The van der Waals surface area contributed by atoms with E-state index in [0.717, 1.165) is 19.3 Å². The standard InChI is InChI=1S/C13H26O6/c1-2-3-4-5-6-7-18-13-12(17)11(16)10(15)9(8-14)19-13/h9-17H,2-8H2,1H3/t9-,10-,11+,12-,13?/m1/s1/i6D/t6?,9-,10-,11+,12-,13?. The van der Waals surface area contributed by atoms with Gasteiger partial charge in [0.15, 0.2) is 6.29 Å². The Morgan fingerprint density at radius 2 is 1.84 bits per heavy atom. The predicted molar refractivity (Wildman–Crippen MR) is 68.5 cm³/mol. The molecule has 0 bridgehead atoms. The van der Waals surface area contributed by atoms with Gasteiger partial charge in [-0.2, -0.15) is 0 Å². The van der Waals surface area contributed by atoms with Gasteiger partial charge in [-0.3, -0.25) is 0 Å². The minimum Gasteiger partial charge on any atom is -0.394 e. The fourth-order valence-corrected chi connectivity index (χ4v) is 1.99. The smallest absolute Gasteiger partial charge is 0.186 e. The first-order valence-electron chi connectivity index (χ1n) is 7.43. The molecular formula is C13H26O6. The van der Waals surface area contributed by atoms with E-state index >= 15 is 0 Å². The Morgan fingerprint density at radius 3 is 2.47 bits per heavy atom. The van der Waals surface area contributed by atoms with E-state index in [9.17, 15) is 15.3 Å². The number of rotatable bonds is 8. The van der Waals surface area contributed by atoms with E-state index in [-0.39, 0.29) is 6.61 Å². The molecule has 2 unspecified atom stereocenters. The molecule has 0 saturated carbocycles. The highest BCUT2D eigenvalue weighted by atomic mass is 16.7. The van der Waals surface area contributed by atoms with Crippen LogP contribution in [0.15, 0.2) is 0 Å². The highest BCUT2D eigenvalue weighted by Gasteiger charge is 2.43. The quantitative estimate of drug-likeness (QED) is 0.458. The number of unbranched alkanes of at least 4 members (excludes halogenated alkanes) is 2. The van der Waals surface area contributed by atoms with Crippen LogP contribution in [0.1, 0.15) is 40.4 Å². The lowest BCUT2D eigenvalue weighted by Crippen LogP contribution is -2.59. The zero-order chi connectivity index (χ0) is 15.1. The van der Waals surface area contributed by atoms with Gasteiger partial charge in [0.1, 0.15) is 24.4 Å². The molecule has 0 amide bonds. The molecule has 1 saturated heterocycles. The van der Waals surface area contributed by atoms with Crippen LogP contribution in [0.3, 0.4) is 0 Å². The summed E-state index contributed by atoms with van der Waals surface area (Å²) >= 11 is 0. The molecule has 0 radical (unpaired) electrons. The molecule has 0 aliphatic carbocycles. The van der Waals surface area contributed by atoms with Crippen LogP contribution in [-0.4, -0.2) is 64.3 Å². The highest BCUT2D eigenvalue weighted by Crippen LogP contribution is 2.22. The van der Waals surface area contributed by atoms with E-state index in [0.29, 0.717) is 6.42 Å². The summed E-state index contributed by atoms with van der Waals surface area (Å²) in [5.41, 5.74) is 0. The van der Waals surface area contributed by atoms with Crippen LogP contribution in [0.2, 0.25) is 0 Å². The maximum atomic E-state index is 9.75. The molecule has 1 fully saturated rings. The molecule has 1 rings (SSSR count). The molecule has 1 aliphatic heterocycles. The van der Waals surface area contributed by atoms with Crippen LogP contribution in [-0.2, 0) is 9.47 Å². The first-order chi connectivity index (χ1) is 9.51. The summed E-state index contributed by atoms with van der Waals surface area (Å²) in [6, 6.07) is 0. The molecule has 19 heavy (non-hydrogen) atoms. The monoisotopic (exact) mass is 279 g/mol. The summed E-state index contributed by atoms with van der Waals surface area (Å²) < 4.78 is 18.3. The number of aliphatic hydroxyl groups excluding tert-OH is 4. The van der Waals surface area contributed by atoms with Crippen molar-refractivity contribution in [2.75, 3.05) is 13.2 Å².